The van der Waals surface area contributed by atoms with E-state index in [0.29, 0.717) is 6.42 Å². The van der Waals surface area contributed by atoms with Crippen LogP contribution in [-0.2, 0) is 17.6 Å². The summed E-state index contributed by atoms with van der Waals surface area (Å²) < 4.78 is 0. The van der Waals surface area contributed by atoms with E-state index in [0.717, 1.165) is 29.3 Å². The van der Waals surface area contributed by atoms with Crippen LogP contribution in [-0.4, -0.2) is 22.1 Å². The van der Waals surface area contributed by atoms with Gasteiger partial charge >= 0.3 is 5.97 Å². The van der Waals surface area contributed by atoms with E-state index in [2.05, 4.69) is 18.0 Å². The van der Waals surface area contributed by atoms with E-state index >= 15 is 0 Å². The predicted molar refractivity (Wildman–Crippen MR) is 71.6 cm³/mol. The van der Waals surface area contributed by atoms with Gasteiger partial charge in [-0.2, -0.15) is 0 Å². The number of nitrogens with one attached hydrogen (secondary N) is 1. The molecule has 0 bridgehead atoms. The SMILES string of the molecule is CCCc1cccc2[nH]cc(C[C@H](N)C(=O)O)c12. The van der Waals surface area contributed by atoms with Crippen molar-refractivity contribution in [1.29, 1.82) is 0 Å². The Morgan fingerprint density at radius 1 is 1.44 bits per heavy atom. The summed E-state index contributed by atoms with van der Waals surface area (Å²) in [5.41, 5.74) is 8.90. The first-order valence-corrected chi connectivity index (χ1v) is 6.19. The third-order valence-electron chi connectivity index (χ3n) is 3.15. The molecule has 1 atom stereocenters. The van der Waals surface area contributed by atoms with E-state index in [1.807, 2.05) is 18.3 Å². The van der Waals surface area contributed by atoms with E-state index in [4.69, 9.17) is 10.8 Å². The Bertz CT molecular complexity index is 560. The van der Waals surface area contributed by atoms with Crippen LogP contribution in [0, 0.1) is 0 Å². The average Bonchev–Trinajstić information content (AvgIpc) is 2.74. The minimum absolute atomic E-state index is 0.357. The van der Waals surface area contributed by atoms with Crippen LogP contribution in [0.15, 0.2) is 24.4 Å². The van der Waals surface area contributed by atoms with Crippen molar-refractivity contribution in [1.82, 2.24) is 4.98 Å². The van der Waals surface area contributed by atoms with Crippen LogP contribution in [0.2, 0.25) is 0 Å². The third-order valence-corrected chi connectivity index (χ3v) is 3.15. The minimum atomic E-state index is -0.961. The molecule has 0 unspecified atom stereocenters. The maximum atomic E-state index is 10.8. The first-order valence-electron chi connectivity index (χ1n) is 6.19. The molecule has 0 fully saturated rings. The van der Waals surface area contributed by atoms with Crippen molar-refractivity contribution in [3.8, 4) is 0 Å². The summed E-state index contributed by atoms with van der Waals surface area (Å²) in [7, 11) is 0. The van der Waals surface area contributed by atoms with Crippen LogP contribution in [0.3, 0.4) is 0 Å². The van der Waals surface area contributed by atoms with Crippen molar-refractivity contribution >= 4 is 16.9 Å². The molecule has 4 heteroatoms. The van der Waals surface area contributed by atoms with Crippen LogP contribution >= 0.6 is 0 Å². The van der Waals surface area contributed by atoms with Gasteiger partial charge in [0.25, 0.3) is 0 Å². The van der Waals surface area contributed by atoms with Crippen molar-refractivity contribution in [2.45, 2.75) is 32.2 Å². The number of aliphatic carboxylic acids is 1. The zero-order valence-corrected chi connectivity index (χ0v) is 10.4. The highest BCUT2D eigenvalue weighted by molar-refractivity contribution is 5.87. The molecule has 2 aromatic rings. The van der Waals surface area contributed by atoms with E-state index in [-0.39, 0.29) is 0 Å². The number of aromatic amines is 1. The Labute approximate surface area is 106 Å². The second kappa shape index (κ2) is 5.23. The number of hydrogen-bond acceptors (Lipinski definition) is 2. The Kier molecular flexibility index (Phi) is 3.67. The number of aromatic nitrogens is 1. The van der Waals surface area contributed by atoms with Gasteiger partial charge in [0.1, 0.15) is 6.04 Å². The van der Waals surface area contributed by atoms with Crippen LogP contribution in [0.1, 0.15) is 24.5 Å². The lowest BCUT2D eigenvalue weighted by atomic mass is 9.99. The molecular weight excluding hydrogens is 228 g/mol. The fraction of sp³-hybridized carbons (Fsp3) is 0.357. The highest BCUT2D eigenvalue weighted by atomic mass is 16.4. The molecule has 0 saturated heterocycles. The number of nitrogens with two attached hydrogens (primary N) is 1. The summed E-state index contributed by atoms with van der Waals surface area (Å²) in [4.78, 5) is 14.0. The molecule has 4 N–H and O–H groups in total. The number of carboxylic acids is 1. The van der Waals surface area contributed by atoms with Crippen LogP contribution in [0.4, 0.5) is 0 Å². The zero-order chi connectivity index (χ0) is 13.1. The minimum Gasteiger partial charge on any atom is -0.480 e. The van der Waals surface area contributed by atoms with Gasteiger partial charge in [-0.05, 0) is 23.6 Å². The highest BCUT2D eigenvalue weighted by Gasteiger charge is 2.16. The first-order chi connectivity index (χ1) is 8.63. The number of rotatable bonds is 5. The normalized spacial score (nSPS) is 12.8. The topological polar surface area (TPSA) is 79.1 Å². The van der Waals surface area contributed by atoms with Crippen molar-refractivity contribution in [2.75, 3.05) is 0 Å². The smallest absolute Gasteiger partial charge is 0.320 e. The lowest BCUT2D eigenvalue weighted by molar-refractivity contribution is -0.138. The molecule has 0 amide bonds. The van der Waals surface area contributed by atoms with Gasteiger partial charge in [-0.25, -0.2) is 0 Å². The Morgan fingerprint density at radius 3 is 2.89 bits per heavy atom. The number of carbonyl (C=O) groups is 1. The van der Waals surface area contributed by atoms with E-state index < -0.39 is 12.0 Å². The number of aryl methyl sites for hydroxylation is 1. The van der Waals surface area contributed by atoms with Crippen molar-refractivity contribution < 1.29 is 9.90 Å². The van der Waals surface area contributed by atoms with Gasteiger partial charge in [0, 0.05) is 23.5 Å². The van der Waals surface area contributed by atoms with Gasteiger partial charge < -0.3 is 15.8 Å². The van der Waals surface area contributed by atoms with Crippen LogP contribution in [0.25, 0.3) is 10.9 Å². The molecule has 0 aliphatic rings. The van der Waals surface area contributed by atoms with Crippen LogP contribution in [0.5, 0.6) is 0 Å². The number of carboxylic acid groups (broad SMARTS) is 1. The maximum Gasteiger partial charge on any atom is 0.320 e. The van der Waals surface area contributed by atoms with Crippen molar-refractivity contribution in [3.63, 3.8) is 0 Å². The van der Waals surface area contributed by atoms with Crippen molar-refractivity contribution in [2.24, 2.45) is 5.73 Å². The molecule has 0 radical (unpaired) electrons. The van der Waals surface area contributed by atoms with Gasteiger partial charge in [0.05, 0.1) is 0 Å². The summed E-state index contributed by atoms with van der Waals surface area (Å²) >= 11 is 0. The van der Waals surface area contributed by atoms with Gasteiger partial charge in [-0.3, -0.25) is 4.79 Å². The largest absolute Gasteiger partial charge is 0.480 e. The quantitative estimate of drug-likeness (QED) is 0.755. The van der Waals surface area contributed by atoms with Crippen LogP contribution < -0.4 is 5.73 Å². The Morgan fingerprint density at radius 2 is 2.22 bits per heavy atom. The Balaban J connectivity index is 2.41. The Hall–Kier alpha value is -1.81. The predicted octanol–water partition coefficient (Wildman–Crippen LogP) is 2.07. The monoisotopic (exact) mass is 246 g/mol. The lowest BCUT2D eigenvalue weighted by Gasteiger charge is -2.08. The molecule has 1 aromatic heterocycles. The number of benzene rings is 1. The maximum absolute atomic E-state index is 10.8. The molecule has 4 nitrogen and oxygen atoms in total. The number of hydrogen-bond donors (Lipinski definition) is 3. The molecule has 0 aliphatic carbocycles. The summed E-state index contributed by atoms with van der Waals surface area (Å²) in [5, 5.41) is 10.0. The van der Waals surface area contributed by atoms with Gasteiger partial charge in [-0.1, -0.05) is 25.5 Å². The second-order valence-electron chi connectivity index (χ2n) is 4.55. The third kappa shape index (κ3) is 2.38. The van der Waals surface area contributed by atoms with E-state index in [1.165, 1.54) is 5.56 Å². The van der Waals surface area contributed by atoms with Crippen molar-refractivity contribution in [3.05, 3.63) is 35.5 Å². The van der Waals surface area contributed by atoms with Gasteiger partial charge in [0.15, 0.2) is 0 Å². The zero-order valence-electron chi connectivity index (χ0n) is 10.4. The molecule has 96 valence electrons. The van der Waals surface area contributed by atoms with Gasteiger partial charge in [0.2, 0.25) is 0 Å². The molecule has 2 rings (SSSR count). The number of H-pyrrole nitrogens is 1. The summed E-state index contributed by atoms with van der Waals surface area (Å²) in [6, 6.07) is 5.27. The lowest BCUT2D eigenvalue weighted by Crippen LogP contribution is -2.32. The van der Waals surface area contributed by atoms with E-state index in [1.54, 1.807) is 0 Å². The molecule has 1 aromatic carbocycles. The second-order valence-corrected chi connectivity index (χ2v) is 4.55. The molecule has 1 heterocycles. The molecule has 0 saturated carbocycles. The molecule has 18 heavy (non-hydrogen) atoms. The summed E-state index contributed by atoms with van der Waals surface area (Å²) in [6.07, 6.45) is 4.28. The molecule has 0 spiro atoms. The fourth-order valence-corrected chi connectivity index (χ4v) is 2.30. The average molecular weight is 246 g/mol. The summed E-state index contributed by atoms with van der Waals surface area (Å²) in [5.74, 6) is -0.961. The van der Waals surface area contributed by atoms with E-state index in [9.17, 15) is 4.79 Å². The standard InChI is InChI=1S/C14H18N2O2/c1-2-4-9-5-3-6-12-13(9)10(8-16-12)7-11(15)14(17)18/h3,5-6,8,11,16H,2,4,7,15H2,1H3,(H,17,18)/t11-/m0/s1. The molecular formula is C14H18N2O2. The molecule has 0 aliphatic heterocycles. The summed E-state index contributed by atoms with van der Waals surface area (Å²) in [6.45, 7) is 2.13. The highest BCUT2D eigenvalue weighted by Crippen LogP contribution is 2.24. The fourth-order valence-electron chi connectivity index (χ4n) is 2.30. The first kappa shape index (κ1) is 12.6. The number of fused-ring (bicyclic) bond motifs is 1. The van der Waals surface area contributed by atoms with Gasteiger partial charge in [-0.15, -0.1) is 0 Å².